The molecule has 35 heavy (non-hydrogen) atoms. The number of rotatable bonds is 4. The van der Waals surface area contributed by atoms with Crippen molar-refractivity contribution in [1.82, 2.24) is 4.57 Å². The number of carbonyl (C=O) groups is 1. The van der Waals surface area contributed by atoms with Gasteiger partial charge in [0.25, 0.3) is 0 Å². The lowest BCUT2D eigenvalue weighted by molar-refractivity contribution is 0.100. The standard InChI is InChI=1S/C30H21ClN2O2/c31-22-13-11-18(12-14-22)21-15-26-29(27(34)16-21)28-24(30(32)35)9-4-10-25(28)33(26)17-20-7-3-6-19-5-1-2-8-23(19)20/h1-16,34H,17H2,(H2,32,35). The van der Waals surface area contributed by atoms with Crippen LogP contribution in [0.4, 0.5) is 0 Å². The van der Waals surface area contributed by atoms with Gasteiger partial charge < -0.3 is 15.4 Å². The topological polar surface area (TPSA) is 68.2 Å². The minimum absolute atomic E-state index is 0.0998. The minimum Gasteiger partial charge on any atom is -0.507 e. The van der Waals surface area contributed by atoms with Gasteiger partial charge in [-0.1, -0.05) is 72.3 Å². The zero-order valence-electron chi connectivity index (χ0n) is 18.7. The zero-order chi connectivity index (χ0) is 24.1. The molecule has 1 amide bonds. The third-order valence-electron chi connectivity index (χ3n) is 6.62. The van der Waals surface area contributed by atoms with E-state index in [9.17, 15) is 9.90 Å². The van der Waals surface area contributed by atoms with Crippen LogP contribution in [0.15, 0.2) is 97.1 Å². The fourth-order valence-corrected chi connectivity index (χ4v) is 5.15. The van der Waals surface area contributed by atoms with Crippen LogP contribution in [0, 0.1) is 0 Å². The molecule has 5 aromatic carbocycles. The van der Waals surface area contributed by atoms with E-state index in [1.54, 1.807) is 12.1 Å². The summed E-state index contributed by atoms with van der Waals surface area (Å²) in [6, 6.07) is 31.3. The molecule has 6 rings (SSSR count). The van der Waals surface area contributed by atoms with Crippen molar-refractivity contribution in [3.05, 3.63) is 113 Å². The van der Waals surface area contributed by atoms with Crippen LogP contribution in [0.1, 0.15) is 15.9 Å². The van der Waals surface area contributed by atoms with E-state index in [0.29, 0.717) is 27.9 Å². The summed E-state index contributed by atoms with van der Waals surface area (Å²) in [6.07, 6.45) is 0. The summed E-state index contributed by atoms with van der Waals surface area (Å²) in [7, 11) is 0. The molecular formula is C30H21ClN2O2. The van der Waals surface area contributed by atoms with Gasteiger partial charge in [0.2, 0.25) is 5.91 Å². The predicted octanol–water partition coefficient (Wildman–Crippen LogP) is 7.12. The lowest BCUT2D eigenvalue weighted by Gasteiger charge is -2.12. The number of phenolic OH excluding ortho intramolecular Hbond substituents is 1. The number of aromatic hydroxyl groups is 1. The number of phenols is 1. The van der Waals surface area contributed by atoms with Crippen molar-refractivity contribution in [2.24, 2.45) is 5.73 Å². The van der Waals surface area contributed by atoms with Crippen molar-refractivity contribution < 1.29 is 9.90 Å². The molecule has 0 saturated carbocycles. The number of amides is 1. The van der Waals surface area contributed by atoms with E-state index in [4.69, 9.17) is 17.3 Å². The maximum Gasteiger partial charge on any atom is 0.249 e. The summed E-state index contributed by atoms with van der Waals surface area (Å²) in [6.45, 7) is 0.563. The average Bonchev–Trinajstić information content (AvgIpc) is 3.18. The molecule has 1 aromatic heterocycles. The Morgan fingerprint density at radius 1 is 0.800 bits per heavy atom. The highest BCUT2D eigenvalue weighted by molar-refractivity contribution is 6.30. The monoisotopic (exact) mass is 476 g/mol. The lowest BCUT2D eigenvalue weighted by Crippen LogP contribution is -2.11. The van der Waals surface area contributed by atoms with Crippen molar-refractivity contribution in [1.29, 1.82) is 0 Å². The number of primary amides is 1. The van der Waals surface area contributed by atoms with Gasteiger partial charge in [-0.15, -0.1) is 0 Å². The summed E-state index contributed by atoms with van der Waals surface area (Å²) in [5.74, 6) is -0.427. The van der Waals surface area contributed by atoms with Crippen LogP contribution in [0.5, 0.6) is 5.75 Å². The molecule has 0 aliphatic heterocycles. The van der Waals surface area contributed by atoms with Gasteiger partial charge in [-0.25, -0.2) is 0 Å². The van der Waals surface area contributed by atoms with Crippen LogP contribution >= 0.6 is 11.6 Å². The number of hydrogen-bond donors (Lipinski definition) is 2. The highest BCUT2D eigenvalue weighted by Gasteiger charge is 2.20. The van der Waals surface area contributed by atoms with Crippen LogP contribution in [-0.4, -0.2) is 15.6 Å². The fourth-order valence-electron chi connectivity index (χ4n) is 5.02. The molecule has 0 spiro atoms. The van der Waals surface area contributed by atoms with Gasteiger partial charge in [0.1, 0.15) is 5.75 Å². The number of carbonyl (C=O) groups excluding carboxylic acids is 1. The molecule has 0 atom stereocenters. The van der Waals surface area contributed by atoms with Gasteiger partial charge in [-0.3, -0.25) is 4.79 Å². The molecule has 5 heteroatoms. The summed E-state index contributed by atoms with van der Waals surface area (Å²) >= 11 is 6.09. The van der Waals surface area contributed by atoms with Crippen LogP contribution in [0.2, 0.25) is 5.02 Å². The maximum atomic E-state index is 12.4. The van der Waals surface area contributed by atoms with Gasteiger partial charge in [-0.05, 0) is 63.9 Å². The van der Waals surface area contributed by atoms with Crippen LogP contribution < -0.4 is 5.73 Å². The quantitative estimate of drug-likeness (QED) is 0.284. The summed E-state index contributed by atoms with van der Waals surface area (Å²) in [5, 5.41) is 15.5. The Bertz CT molecular complexity index is 1760. The highest BCUT2D eigenvalue weighted by Crippen LogP contribution is 2.41. The van der Waals surface area contributed by atoms with E-state index >= 15 is 0 Å². The molecule has 6 aromatic rings. The number of nitrogens with two attached hydrogens (primary N) is 1. The molecule has 1 heterocycles. The number of fused-ring (bicyclic) bond motifs is 4. The number of benzene rings is 5. The van der Waals surface area contributed by atoms with Crippen molar-refractivity contribution in [2.75, 3.05) is 0 Å². The molecule has 170 valence electrons. The number of aromatic nitrogens is 1. The average molecular weight is 477 g/mol. The van der Waals surface area contributed by atoms with E-state index in [0.717, 1.165) is 38.5 Å². The van der Waals surface area contributed by atoms with Gasteiger partial charge >= 0.3 is 0 Å². The maximum absolute atomic E-state index is 12.4. The molecule has 0 radical (unpaired) electrons. The Balaban J connectivity index is 1.68. The van der Waals surface area contributed by atoms with Gasteiger partial charge in [0, 0.05) is 22.5 Å². The first kappa shape index (κ1) is 21.3. The van der Waals surface area contributed by atoms with Gasteiger partial charge in [-0.2, -0.15) is 0 Å². The molecular weight excluding hydrogens is 456 g/mol. The molecule has 0 unspecified atom stereocenters. The Morgan fingerprint density at radius 3 is 2.34 bits per heavy atom. The number of halogens is 1. The first-order valence-corrected chi connectivity index (χ1v) is 11.7. The third kappa shape index (κ3) is 3.50. The lowest BCUT2D eigenvalue weighted by atomic mass is 10.0. The second-order valence-corrected chi connectivity index (χ2v) is 9.12. The van der Waals surface area contributed by atoms with Crippen molar-refractivity contribution in [3.63, 3.8) is 0 Å². The summed E-state index contributed by atoms with van der Waals surface area (Å²) in [5.41, 5.74) is 10.7. The SMILES string of the molecule is NC(=O)c1cccc2c1c1c(O)cc(-c3ccc(Cl)cc3)cc1n2Cc1cccc2ccccc12. The second kappa shape index (κ2) is 8.19. The molecule has 4 nitrogen and oxygen atoms in total. The first-order valence-electron chi connectivity index (χ1n) is 11.3. The summed E-state index contributed by atoms with van der Waals surface area (Å²) < 4.78 is 2.15. The predicted molar refractivity (Wildman–Crippen MR) is 143 cm³/mol. The largest absolute Gasteiger partial charge is 0.507 e. The normalized spacial score (nSPS) is 11.5. The van der Waals surface area contributed by atoms with Crippen molar-refractivity contribution in [3.8, 4) is 16.9 Å². The Kier molecular flexibility index (Phi) is 4.97. The molecule has 0 aliphatic rings. The number of nitrogens with zero attached hydrogens (tertiary/aromatic N) is 1. The Morgan fingerprint density at radius 2 is 1.54 bits per heavy atom. The zero-order valence-corrected chi connectivity index (χ0v) is 19.5. The molecule has 3 N–H and O–H groups in total. The molecule has 0 fully saturated rings. The fraction of sp³-hybridized carbons (Fsp3) is 0.0333. The highest BCUT2D eigenvalue weighted by atomic mass is 35.5. The smallest absolute Gasteiger partial charge is 0.249 e. The molecule has 0 saturated heterocycles. The molecule has 0 aliphatic carbocycles. The Hall–Kier alpha value is -4.28. The van der Waals surface area contributed by atoms with Crippen molar-refractivity contribution in [2.45, 2.75) is 6.54 Å². The summed E-state index contributed by atoms with van der Waals surface area (Å²) in [4.78, 5) is 12.4. The van der Waals surface area contributed by atoms with E-state index in [-0.39, 0.29) is 5.75 Å². The molecule has 0 bridgehead atoms. The van der Waals surface area contributed by atoms with E-state index < -0.39 is 5.91 Å². The third-order valence-corrected chi connectivity index (χ3v) is 6.87. The second-order valence-electron chi connectivity index (χ2n) is 8.68. The van der Waals surface area contributed by atoms with E-state index in [1.807, 2.05) is 54.6 Å². The van der Waals surface area contributed by atoms with Crippen molar-refractivity contribution >= 4 is 50.1 Å². The van der Waals surface area contributed by atoms with Crippen LogP contribution in [0.3, 0.4) is 0 Å². The van der Waals surface area contributed by atoms with Crippen LogP contribution in [-0.2, 0) is 6.54 Å². The van der Waals surface area contributed by atoms with Gasteiger partial charge in [0.15, 0.2) is 0 Å². The van der Waals surface area contributed by atoms with E-state index in [2.05, 4.69) is 34.9 Å². The van der Waals surface area contributed by atoms with E-state index in [1.165, 1.54) is 0 Å². The Labute approximate surface area is 206 Å². The van der Waals surface area contributed by atoms with Crippen LogP contribution in [0.25, 0.3) is 43.7 Å². The van der Waals surface area contributed by atoms with Gasteiger partial charge in [0.05, 0.1) is 16.4 Å². The minimum atomic E-state index is -0.527. The number of hydrogen-bond acceptors (Lipinski definition) is 2. The first-order chi connectivity index (χ1) is 17.0.